The molecule has 1 fully saturated rings. The summed E-state index contributed by atoms with van der Waals surface area (Å²) < 4.78 is 0. The number of anilines is 1. The number of aromatic hydroxyl groups is 1. The van der Waals surface area contributed by atoms with E-state index in [4.69, 9.17) is 5.73 Å². The van der Waals surface area contributed by atoms with Crippen LogP contribution in [0, 0.1) is 0 Å². The summed E-state index contributed by atoms with van der Waals surface area (Å²) in [6.07, 6.45) is 2.00. The SMILES string of the molecule is Nc1c(O)ccc2[nH]c(C3CC3)c(C(=O)O)c12. The number of nitrogen functional groups attached to an aromatic ring is 1. The number of aromatic carboxylic acids is 1. The van der Waals surface area contributed by atoms with Gasteiger partial charge in [-0.05, 0) is 30.9 Å². The van der Waals surface area contributed by atoms with Crippen molar-refractivity contribution >= 4 is 22.6 Å². The minimum Gasteiger partial charge on any atom is -0.506 e. The Kier molecular flexibility index (Phi) is 1.86. The molecule has 3 rings (SSSR count). The Hall–Kier alpha value is -2.17. The number of phenols is 1. The molecule has 0 radical (unpaired) electrons. The third-order valence-corrected chi connectivity index (χ3v) is 3.21. The average Bonchev–Trinajstić information content (AvgIpc) is 3.04. The van der Waals surface area contributed by atoms with Crippen LogP contribution in [0.5, 0.6) is 5.75 Å². The van der Waals surface area contributed by atoms with Crippen LogP contribution < -0.4 is 5.73 Å². The standard InChI is InChI=1S/C12H12N2O3/c13-10-7(15)4-3-6-8(10)9(12(16)17)11(14-6)5-1-2-5/h3-5,14-15H,1-2,13H2,(H,16,17). The second-order valence-corrected chi connectivity index (χ2v) is 4.41. The molecular formula is C12H12N2O3. The van der Waals surface area contributed by atoms with Crippen LogP contribution in [0.1, 0.15) is 34.8 Å². The predicted molar refractivity (Wildman–Crippen MR) is 63.3 cm³/mol. The molecule has 17 heavy (non-hydrogen) atoms. The molecule has 1 saturated carbocycles. The number of hydrogen-bond donors (Lipinski definition) is 4. The van der Waals surface area contributed by atoms with Crippen molar-refractivity contribution in [1.29, 1.82) is 0 Å². The lowest BCUT2D eigenvalue weighted by Gasteiger charge is -2.01. The summed E-state index contributed by atoms with van der Waals surface area (Å²) in [5.41, 5.74) is 7.48. The maximum atomic E-state index is 11.3. The number of phenolic OH excluding ortho intramolecular Hbond substituents is 1. The summed E-state index contributed by atoms with van der Waals surface area (Å²) >= 11 is 0. The van der Waals surface area contributed by atoms with Gasteiger partial charge in [0.1, 0.15) is 5.75 Å². The van der Waals surface area contributed by atoms with E-state index in [1.54, 1.807) is 6.07 Å². The maximum Gasteiger partial charge on any atom is 0.338 e. The number of fused-ring (bicyclic) bond motifs is 1. The van der Waals surface area contributed by atoms with Gasteiger partial charge in [-0.25, -0.2) is 4.79 Å². The third kappa shape index (κ3) is 1.35. The zero-order valence-electron chi connectivity index (χ0n) is 9.03. The number of benzene rings is 1. The normalized spacial score (nSPS) is 15.3. The Labute approximate surface area is 96.9 Å². The van der Waals surface area contributed by atoms with E-state index in [2.05, 4.69) is 4.98 Å². The van der Waals surface area contributed by atoms with E-state index >= 15 is 0 Å². The molecule has 1 aromatic heterocycles. The van der Waals surface area contributed by atoms with E-state index in [1.165, 1.54) is 6.07 Å². The molecule has 1 aromatic carbocycles. The van der Waals surface area contributed by atoms with E-state index in [9.17, 15) is 15.0 Å². The first kappa shape index (κ1) is 10.0. The summed E-state index contributed by atoms with van der Waals surface area (Å²) in [6.45, 7) is 0. The van der Waals surface area contributed by atoms with Crippen LogP contribution in [0.2, 0.25) is 0 Å². The molecule has 0 saturated heterocycles. The highest BCUT2D eigenvalue weighted by Crippen LogP contribution is 2.45. The number of aromatic amines is 1. The van der Waals surface area contributed by atoms with E-state index in [1.807, 2.05) is 0 Å². The van der Waals surface area contributed by atoms with Crippen molar-refractivity contribution in [2.75, 3.05) is 5.73 Å². The molecule has 5 nitrogen and oxygen atoms in total. The largest absolute Gasteiger partial charge is 0.506 e. The van der Waals surface area contributed by atoms with Crippen molar-refractivity contribution < 1.29 is 15.0 Å². The first-order chi connectivity index (χ1) is 8.09. The lowest BCUT2D eigenvalue weighted by molar-refractivity contribution is 0.0698. The fourth-order valence-corrected chi connectivity index (χ4v) is 2.22. The number of rotatable bonds is 2. The Bertz CT molecular complexity index is 626. The van der Waals surface area contributed by atoms with Crippen LogP contribution >= 0.6 is 0 Å². The summed E-state index contributed by atoms with van der Waals surface area (Å²) in [5.74, 6) is -0.799. The highest BCUT2D eigenvalue weighted by Gasteiger charge is 2.32. The topological polar surface area (TPSA) is 99.3 Å². The monoisotopic (exact) mass is 232 g/mol. The van der Waals surface area contributed by atoms with Gasteiger partial charge >= 0.3 is 5.97 Å². The van der Waals surface area contributed by atoms with Crippen molar-refractivity contribution in [1.82, 2.24) is 4.98 Å². The van der Waals surface area contributed by atoms with Crippen molar-refractivity contribution in [2.45, 2.75) is 18.8 Å². The van der Waals surface area contributed by atoms with Crippen molar-refractivity contribution in [3.63, 3.8) is 0 Å². The molecular weight excluding hydrogens is 220 g/mol. The molecule has 0 atom stereocenters. The Morgan fingerprint density at radius 3 is 2.71 bits per heavy atom. The molecule has 0 bridgehead atoms. The van der Waals surface area contributed by atoms with Crippen LogP contribution in [0.25, 0.3) is 10.9 Å². The van der Waals surface area contributed by atoms with Gasteiger partial charge in [0.05, 0.1) is 11.3 Å². The van der Waals surface area contributed by atoms with Gasteiger partial charge < -0.3 is 20.9 Å². The molecule has 88 valence electrons. The van der Waals surface area contributed by atoms with Crippen molar-refractivity contribution in [3.05, 3.63) is 23.4 Å². The predicted octanol–water partition coefficient (Wildman–Crippen LogP) is 2.03. The fraction of sp³-hybridized carbons (Fsp3) is 0.250. The van der Waals surface area contributed by atoms with E-state index in [0.717, 1.165) is 18.5 Å². The molecule has 0 amide bonds. The highest BCUT2D eigenvalue weighted by atomic mass is 16.4. The van der Waals surface area contributed by atoms with Gasteiger partial charge in [-0.3, -0.25) is 0 Å². The Morgan fingerprint density at radius 1 is 1.41 bits per heavy atom. The van der Waals surface area contributed by atoms with Crippen LogP contribution in [-0.4, -0.2) is 21.2 Å². The van der Waals surface area contributed by atoms with Crippen LogP contribution in [-0.2, 0) is 0 Å². The number of nitrogens with one attached hydrogen (secondary N) is 1. The minimum absolute atomic E-state index is 0.0821. The summed E-state index contributed by atoms with van der Waals surface area (Å²) in [5, 5.41) is 19.3. The van der Waals surface area contributed by atoms with Crippen LogP contribution in [0.4, 0.5) is 5.69 Å². The third-order valence-electron chi connectivity index (χ3n) is 3.21. The first-order valence-corrected chi connectivity index (χ1v) is 5.46. The number of aromatic nitrogens is 1. The minimum atomic E-state index is -1.00. The second-order valence-electron chi connectivity index (χ2n) is 4.41. The fourth-order valence-electron chi connectivity index (χ4n) is 2.22. The molecule has 0 aliphatic heterocycles. The summed E-state index contributed by atoms with van der Waals surface area (Å²) in [4.78, 5) is 14.4. The van der Waals surface area contributed by atoms with Crippen molar-refractivity contribution in [2.24, 2.45) is 0 Å². The Morgan fingerprint density at radius 2 is 2.12 bits per heavy atom. The van der Waals surface area contributed by atoms with Gasteiger partial charge in [-0.15, -0.1) is 0 Å². The number of carboxylic acids is 1. The molecule has 1 heterocycles. The van der Waals surface area contributed by atoms with Gasteiger partial charge in [0, 0.05) is 16.6 Å². The number of nitrogens with two attached hydrogens (primary N) is 1. The molecule has 1 aliphatic rings. The van der Waals surface area contributed by atoms with Gasteiger partial charge in [0.2, 0.25) is 0 Å². The first-order valence-electron chi connectivity index (χ1n) is 5.46. The zero-order valence-corrected chi connectivity index (χ0v) is 9.03. The quantitative estimate of drug-likeness (QED) is 0.470. The van der Waals surface area contributed by atoms with Gasteiger partial charge in [-0.2, -0.15) is 0 Å². The van der Waals surface area contributed by atoms with E-state index < -0.39 is 5.97 Å². The van der Waals surface area contributed by atoms with E-state index in [-0.39, 0.29) is 22.9 Å². The molecule has 5 N–H and O–H groups in total. The molecule has 5 heteroatoms. The lowest BCUT2D eigenvalue weighted by atomic mass is 10.1. The van der Waals surface area contributed by atoms with Crippen molar-refractivity contribution in [3.8, 4) is 5.75 Å². The number of carboxylic acid groups (broad SMARTS) is 1. The van der Waals surface area contributed by atoms with Gasteiger partial charge in [0.15, 0.2) is 0 Å². The lowest BCUT2D eigenvalue weighted by Crippen LogP contribution is -2.00. The highest BCUT2D eigenvalue weighted by molar-refractivity contribution is 6.10. The number of carbonyl (C=O) groups is 1. The second kappa shape index (κ2) is 3.16. The number of hydrogen-bond acceptors (Lipinski definition) is 3. The summed E-state index contributed by atoms with van der Waals surface area (Å²) in [6, 6.07) is 3.12. The smallest absolute Gasteiger partial charge is 0.338 e. The zero-order chi connectivity index (χ0) is 12.2. The van der Waals surface area contributed by atoms with Gasteiger partial charge in [0.25, 0.3) is 0 Å². The van der Waals surface area contributed by atoms with Crippen LogP contribution in [0.15, 0.2) is 12.1 Å². The Balaban J connectivity index is 2.40. The average molecular weight is 232 g/mol. The maximum absolute atomic E-state index is 11.3. The van der Waals surface area contributed by atoms with Crippen LogP contribution in [0.3, 0.4) is 0 Å². The number of H-pyrrole nitrogens is 1. The summed E-state index contributed by atoms with van der Waals surface area (Å²) in [7, 11) is 0. The molecule has 2 aromatic rings. The van der Waals surface area contributed by atoms with Gasteiger partial charge in [-0.1, -0.05) is 0 Å². The van der Waals surface area contributed by atoms with E-state index in [0.29, 0.717) is 10.9 Å². The molecule has 0 spiro atoms. The molecule has 0 unspecified atom stereocenters. The molecule has 1 aliphatic carbocycles.